The Morgan fingerprint density at radius 3 is 2.62 bits per heavy atom. The molecule has 0 amide bonds. The summed E-state index contributed by atoms with van der Waals surface area (Å²) in [5.74, 6) is -0.915. The first-order chi connectivity index (χ1) is 6.02. The van der Waals surface area contributed by atoms with Crippen LogP contribution in [0.3, 0.4) is 0 Å². The first-order valence-electron chi connectivity index (χ1n) is 3.69. The van der Waals surface area contributed by atoms with E-state index in [-0.39, 0.29) is 4.83 Å². The molecule has 0 aliphatic carbocycles. The van der Waals surface area contributed by atoms with Crippen LogP contribution in [0.2, 0.25) is 0 Å². The van der Waals surface area contributed by atoms with Gasteiger partial charge in [-0.05, 0) is 40.5 Å². The second kappa shape index (κ2) is 4.24. The van der Waals surface area contributed by atoms with Crippen LogP contribution < -0.4 is 0 Å². The molecule has 13 heavy (non-hydrogen) atoms. The molecular formula is C9H8Br2O2. The maximum atomic E-state index is 10.8. The molecule has 1 rings (SSSR count). The Morgan fingerprint density at radius 1 is 1.54 bits per heavy atom. The second-order valence-corrected chi connectivity index (χ2v) is 4.89. The predicted octanol–water partition coefficient (Wildman–Crippen LogP) is 3.60. The van der Waals surface area contributed by atoms with Gasteiger partial charge in [-0.2, -0.15) is 0 Å². The van der Waals surface area contributed by atoms with Gasteiger partial charge >= 0.3 is 5.97 Å². The average Bonchev–Trinajstić information content (AvgIpc) is 2.04. The molecule has 0 aliphatic rings. The van der Waals surface area contributed by atoms with Gasteiger partial charge in [-0.15, -0.1) is 0 Å². The zero-order valence-electron chi connectivity index (χ0n) is 6.92. The monoisotopic (exact) mass is 306 g/mol. The Hall–Kier alpha value is -0.350. The van der Waals surface area contributed by atoms with Crippen LogP contribution in [-0.4, -0.2) is 11.1 Å². The summed E-state index contributed by atoms with van der Waals surface area (Å²) in [6.07, 6.45) is 0. The van der Waals surface area contributed by atoms with Crippen LogP contribution in [0.4, 0.5) is 0 Å². The van der Waals surface area contributed by atoms with Crippen LogP contribution in [0.15, 0.2) is 22.7 Å². The highest BCUT2D eigenvalue weighted by atomic mass is 79.9. The third-order valence-electron chi connectivity index (χ3n) is 1.68. The van der Waals surface area contributed by atoms with Crippen molar-refractivity contribution in [1.82, 2.24) is 0 Å². The molecule has 1 aromatic carbocycles. The molecule has 1 N–H and O–H groups in total. The Kier molecular flexibility index (Phi) is 3.50. The van der Waals surface area contributed by atoms with Gasteiger partial charge in [-0.3, -0.25) is 0 Å². The summed E-state index contributed by atoms with van der Waals surface area (Å²) in [6, 6.07) is 5.29. The lowest BCUT2D eigenvalue weighted by atomic mass is 10.1. The Labute approximate surface area is 93.2 Å². The summed E-state index contributed by atoms with van der Waals surface area (Å²) in [4.78, 5) is 10.9. The van der Waals surface area contributed by atoms with Crippen molar-refractivity contribution >= 4 is 37.8 Å². The normalized spacial score (nSPS) is 12.5. The van der Waals surface area contributed by atoms with E-state index in [9.17, 15) is 4.79 Å². The summed E-state index contributed by atoms with van der Waals surface area (Å²) < 4.78 is 0.608. The summed E-state index contributed by atoms with van der Waals surface area (Å²) in [7, 11) is 0. The topological polar surface area (TPSA) is 37.3 Å². The highest BCUT2D eigenvalue weighted by Gasteiger charge is 2.10. The highest BCUT2D eigenvalue weighted by molar-refractivity contribution is 9.10. The van der Waals surface area contributed by atoms with Gasteiger partial charge in [0.1, 0.15) is 0 Å². The van der Waals surface area contributed by atoms with Gasteiger partial charge in [0, 0.05) is 9.30 Å². The molecule has 0 aliphatic heterocycles. The van der Waals surface area contributed by atoms with Crippen LogP contribution in [-0.2, 0) is 0 Å². The van der Waals surface area contributed by atoms with E-state index in [0.717, 1.165) is 5.56 Å². The molecule has 0 spiro atoms. The van der Waals surface area contributed by atoms with Gasteiger partial charge in [0.15, 0.2) is 0 Å². The van der Waals surface area contributed by atoms with E-state index in [1.54, 1.807) is 12.1 Å². The minimum Gasteiger partial charge on any atom is -0.478 e. The van der Waals surface area contributed by atoms with Crippen LogP contribution in [0.1, 0.15) is 27.7 Å². The van der Waals surface area contributed by atoms with Gasteiger partial charge in [-0.1, -0.05) is 22.0 Å². The first kappa shape index (κ1) is 10.7. The average molecular weight is 308 g/mol. The fraction of sp³-hybridized carbons (Fsp3) is 0.222. The summed E-state index contributed by atoms with van der Waals surface area (Å²) in [5.41, 5.74) is 1.25. The number of hydrogen-bond acceptors (Lipinski definition) is 1. The zero-order valence-corrected chi connectivity index (χ0v) is 10.1. The van der Waals surface area contributed by atoms with Crippen molar-refractivity contribution < 1.29 is 9.90 Å². The van der Waals surface area contributed by atoms with Crippen LogP contribution >= 0.6 is 31.9 Å². The van der Waals surface area contributed by atoms with E-state index >= 15 is 0 Å². The molecular weight excluding hydrogens is 300 g/mol. The number of aromatic carboxylic acids is 1. The van der Waals surface area contributed by atoms with Crippen LogP contribution in [0.5, 0.6) is 0 Å². The second-order valence-electron chi connectivity index (χ2n) is 2.66. The number of halogens is 2. The van der Waals surface area contributed by atoms with Crippen molar-refractivity contribution in [3.63, 3.8) is 0 Å². The number of rotatable bonds is 2. The minimum atomic E-state index is -0.915. The number of alkyl halides is 1. The molecule has 0 saturated carbocycles. The molecule has 0 aromatic heterocycles. The van der Waals surface area contributed by atoms with Gasteiger partial charge < -0.3 is 5.11 Å². The van der Waals surface area contributed by atoms with Crippen molar-refractivity contribution in [2.75, 3.05) is 0 Å². The Balaban J connectivity index is 3.19. The largest absolute Gasteiger partial charge is 0.478 e. The lowest BCUT2D eigenvalue weighted by Crippen LogP contribution is -1.99. The Morgan fingerprint density at radius 2 is 2.15 bits per heavy atom. The summed E-state index contributed by atoms with van der Waals surface area (Å²) >= 11 is 6.57. The standard InChI is InChI=1S/C9H8Br2O2/c1-5(10)6-2-3-8(11)7(4-6)9(12)13/h2-5H,1H3,(H,12,13)/t5-/m0/s1. The zero-order chi connectivity index (χ0) is 10.0. The number of benzene rings is 1. The van der Waals surface area contributed by atoms with E-state index in [1.165, 1.54) is 0 Å². The van der Waals surface area contributed by atoms with Crippen molar-refractivity contribution in [3.8, 4) is 0 Å². The first-order valence-corrected chi connectivity index (χ1v) is 5.40. The lowest BCUT2D eigenvalue weighted by Gasteiger charge is -2.05. The number of carboxylic acids is 1. The predicted molar refractivity (Wildman–Crippen MR) is 58.4 cm³/mol. The molecule has 2 nitrogen and oxygen atoms in total. The van der Waals surface area contributed by atoms with E-state index in [2.05, 4.69) is 31.9 Å². The van der Waals surface area contributed by atoms with Crippen LogP contribution in [0, 0.1) is 0 Å². The molecule has 0 fully saturated rings. The molecule has 70 valence electrons. The fourth-order valence-corrected chi connectivity index (χ4v) is 1.66. The molecule has 0 saturated heterocycles. The molecule has 4 heteroatoms. The van der Waals surface area contributed by atoms with E-state index in [0.29, 0.717) is 10.0 Å². The minimum absolute atomic E-state index is 0.165. The highest BCUT2D eigenvalue weighted by Crippen LogP contribution is 2.26. The van der Waals surface area contributed by atoms with E-state index in [1.807, 2.05) is 13.0 Å². The molecule has 0 unspecified atom stereocenters. The Bertz CT molecular complexity index is 334. The lowest BCUT2D eigenvalue weighted by molar-refractivity contribution is 0.0696. The fourth-order valence-electron chi connectivity index (χ4n) is 0.954. The van der Waals surface area contributed by atoms with Crippen LogP contribution in [0.25, 0.3) is 0 Å². The van der Waals surface area contributed by atoms with Crippen molar-refractivity contribution in [2.24, 2.45) is 0 Å². The summed E-state index contributed by atoms with van der Waals surface area (Å²) in [6.45, 7) is 1.95. The summed E-state index contributed by atoms with van der Waals surface area (Å²) in [5, 5.41) is 8.83. The number of carboxylic acid groups (broad SMARTS) is 1. The van der Waals surface area contributed by atoms with Gasteiger partial charge in [0.2, 0.25) is 0 Å². The van der Waals surface area contributed by atoms with Gasteiger partial charge in [0.25, 0.3) is 0 Å². The number of hydrogen-bond donors (Lipinski definition) is 1. The van der Waals surface area contributed by atoms with Crippen molar-refractivity contribution in [3.05, 3.63) is 33.8 Å². The third-order valence-corrected chi connectivity index (χ3v) is 2.90. The quantitative estimate of drug-likeness (QED) is 0.848. The molecule has 1 atom stereocenters. The number of carbonyl (C=O) groups is 1. The smallest absolute Gasteiger partial charge is 0.336 e. The molecule has 1 aromatic rings. The molecule has 0 bridgehead atoms. The van der Waals surface area contributed by atoms with E-state index in [4.69, 9.17) is 5.11 Å². The maximum absolute atomic E-state index is 10.8. The molecule has 0 radical (unpaired) electrons. The van der Waals surface area contributed by atoms with Gasteiger partial charge in [-0.25, -0.2) is 4.79 Å². The SMILES string of the molecule is C[C@H](Br)c1ccc(Br)c(C(=O)O)c1. The van der Waals surface area contributed by atoms with Gasteiger partial charge in [0.05, 0.1) is 5.56 Å². The van der Waals surface area contributed by atoms with Crippen molar-refractivity contribution in [2.45, 2.75) is 11.8 Å². The third kappa shape index (κ3) is 2.54. The molecule has 0 heterocycles. The maximum Gasteiger partial charge on any atom is 0.336 e. The van der Waals surface area contributed by atoms with Crippen molar-refractivity contribution in [1.29, 1.82) is 0 Å². The van der Waals surface area contributed by atoms with E-state index < -0.39 is 5.97 Å².